The summed E-state index contributed by atoms with van der Waals surface area (Å²) in [6, 6.07) is 50.4. The highest BCUT2D eigenvalue weighted by Crippen LogP contribution is 2.46. The normalized spacial score (nSPS) is 13.2. The summed E-state index contributed by atoms with van der Waals surface area (Å²) >= 11 is 0. The van der Waals surface area contributed by atoms with Crippen molar-refractivity contribution in [3.05, 3.63) is 152 Å². The number of aromatic nitrogens is 3. The van der Waals surface area contributed by atoms with Crippen LogP contribution in [0.25, 0.3) is 66.0 Å². The third-order valence-electron chi connectivity index (χ3n) is 10.8. The van der Waals surface area contributed by atoms with Gasteiger partial charge in [0.15, 0.2) is 0 Å². The molecule has 12 rings (SSSR count). The highest BCUT2D eigenvalue weighted by Gasteiger charge is 2.45. The smallest absolute Gasteiger partial charge is 0.297 e. The van der Waals surface area contributed by atoms with Crippen LogP contribution in [-0.2, 0) is 0 Å². The van der Waals surface area contributed by atoms with Crippen molar-refractivity contribution in [1.82, 2.24) is 14.1 Å². The van der Waals surface area contributed by atoms with E-state index in [-0.39, 0.29) is 6.71 Å². The van der Waals surface area contributed by atoms with Crippen LogP contribution in [-0.4, -0.2) is 20.8 Å². The lowest BCUT2D eigenvalue weighted by molar-refractivity contribution is 0.650. The SMILES string of the molecule is c1ccc(N2c3cccc4c3B(c3oc5ccncc5c32)c2cccc3c5c(ccc6c7ccccc7n(-c7ccccc7)c65)n-4c23)cc1. The van der Waals surface area contributed by atoms with Crippen LogP contribution < -0.4 is 21.5 Å². The monoisotopic (exact) mass is 624 g/mol. The van der Waals surface area contributed by atoms with Gasteiger partial charge in [-0.1, -0.05) is 84.9 Å². The average molecular weight is 625 g/mol. The van der Waals surface area contributed by atoms with Crippen molar-refractivity contribution < 1.29 is 4.42 Å². The summed E-state index contributed by atoms with van der Waals surface area (Å²) in [5.74, 6) is 0. The Kier molecular flexibility index (Phi) is 4.74. The van der Waals surface area contributed by atoms with E-state index < -0.39 is 0 Å². The Morgan fingerprint density at radius 1 is 0.531 bits per heavy atom. The lowest BCUT2D eigenvalue weighted by Gasteiger charge is -2.37. The van der Waals surface area contributed by atoms with E-state index in [2.05, 4.69) is 152 Å². The maximum Gasteiger partial charge on any atom is 0.297 e. The first kappa shape index (κ1) is 25.6. The molecular formula is C43H25BN4O. The molecule has 10 aromatic rings. The first-order valence-electron chi connectivity index (χ1n) is 16.8. The molecule has 0 spiro atoms. The molecule has 6 heteroatoms. The second-order valence-electron chi connectivity index (χ2n) is 13.1. The van der Waals surface area contributed by atoms with E-state index in [9.17, 15) is 0 Å². The number of furan rings is 1. The Morgan fingerprint density at radius 2 is 1.29 bits per heavy atom. The molecule has 5 nitrogen and oxygen atoms in total. The average Bonchev–Trinajstić information content (AvgIpc) is 3.82. The van der Waals surface area contributed by atoms with Crippen molar-refractivity contribution in [1.29, 1.82) is 0 Å². The third-order valence-corrected chi connectivity index (χ3v) is 10.8. The molecule has 4 aromatic heterocycles. The predicted octanol–water partition coefficient (Wildman–Crippen LogP) is 8.63. The number of para-hydroxylation sites is 4. The second kappa shape index (κ2) is 9.09. The van der Waals surface area contributed by atoms with Gasteiger partial charge in [0.1, 0.15) is 5.58 Å². The highest BCUT2D eigenvalue weighted by atomic mass is 16.3. The standard InChI is InChI=1S/C43H25BN4O/c1-3-11-26(12-4-1)46-33-18-8-7-15-28(33)29-21-22-34-38(41(29)46)30-16-9-17-32-40(30)48(34)36-20-10-19-35-39(36)44(32)43-42(31-25-45-24-23-37(31)49-43)47(35)27-13-5-2-6-14-27/h1-25H. The Labute approximate surface area is 280 Å². The summed E-state index contributed by atoms with van der Waals surface area (Å²) in [4.78, 5) is 6.93. The molecule has 0 unspecified atom stereocenters. The Morgan fingerprint density at radius 3 is 2.16 bits per heavy atom. The first-order valence-corrected chi connectivity index (χ1v) is 16.8. The fourth-order valence-electron chi connectivity index (χ4n) is 8.96. The molecule has 226 valence electrons. The van der Waals surface area contributed by atoms with Gasteiger partial charge in [-0.3, -0.25) is 4.98 Å². The minimum Gasteiger partial charge on any atom is -0.468 e. The third kappa shape index (κ3) is 3.10. The maximum absolute atomic E-state index is 6.90. The Balaban J connectivity index is 1.28. The number of anilines is 3. The summed E-state index contributed by atoms with van der Waals surface area (Å²) in [6.07, 6.45) is 3.77. The second-order valence-corrected chi connectivity index (χ2v) is 13.1. The van der Waals surface area contributed by atoms with Crippen molar-refractivity contribution >= 4 is 94.9 Å². The van der Waals surface area contributed by atoms with E-state index in [0.29, 0.717) is 0 Å². The van der Waals surface area contributed by atoms with Gasteiger partial charge < -0.3 is 18.5 Å². The fraction of sp³-hybridized carbons (Fsp3) is 0. The summed E-state index contributed by atoms with van der Waals surface area (Å²) < 4.78 is 11.9. The Bertz CT molecular complexity index is 3010. The number of pyridine rings is 1. The zero-order valence-electron chi connectivity index (χ0n) is 26.2. The minimum atomic E-state index is -0.0791. The Hall–Kier alpha value is -6.53. The number of hydrogen-bond acceptors (Lipinski definition) is 3. The largest absolute Gasteiger partial charge is 0.468 e. The van der Waals surface area contributed by atoms with Gasteiger partial charge in [-0.2, -0.15) is 0 Å². The van der Waals surface area contributed by atoms with Crippen LogP contribution in [0.5, 0.6) is 0 Å². The van der Waals surface area contributed by atoms with E-state index in [1.807, 2.05) is 18.5 Å². The van der Waals surface area contributed by atoms with Gasteiger partial charge in [0.25, 0.3) is 6.71 Å². The first-order chi connectivity index (χ1) is 24.4. The predicted molar refractivity (Wildman–Crippen MR) is 202 cm³/mol. The van der Waals surface area contributed by atoms with Crippen molar-refractivity contribution in [2.24, 2.45) is 0 Å². The number of nitrogens with zero attached hydrogens (tertiary/aromatic N) is 4. The summed E-state index contributed by atoms with van der Waals surface area (Å²) in [7, 11) is 0. The lowest BCUT2D eigenvalue weighted by atomic mass is 9.36. The molecule has 6 aromatic carbocycles. The molecule has 0 saturated heterocycles. The molecule has 0 N–H and O–H groups in total. The zero-order chi connectivity index (χ0) is 31.8. The molecule has 49 heavy (non-hydrogen) atoms. The molecule has 0 atom stereocenters. The molecule has 0 amide bonds. The van der Waals surface area contributed by atoms with Crippen molar-refractivity contribution in [2.75, 3.05) is 4.90 Å². The van der Waals surface area contributed by atoms with Gasteiger partial charge in [-0.15, -0.1) is 0 Å². The van der Waals surface area contributed by atoms with Crippen LogP contribution >= 0.6 is 0 Å². The summed E-state index contributed by atoms with van der Waals surface area (Å²) in [5.41, 5.74) is 14.9. The van der Waals surface area contributed by atoms with Gasteiger partial charge in [-0.05, 0) is 65.5 Å². The number of hydrogen-bond donors (Lipinski definition) is 0. The van der Waals surface area contributed by atoms with Crippen molar-refractivity contribution in [3.63, 3.8) is 0 Å². The molecule has 2 aliphatic heterocycles. The van der Waals surface area contributed by atoms with Crippen LogP contribution in [0.15, 0.2) is 156 Å². The molecule has 0 aliphatic carbocycles. The molecule has 0 saturated carbocycles. The van der Waals surface area contributed by atoms with Gasteiger partial charge >= 0.3 is 0 Å². The van der Waals surface area contributed by atoms with Crippen molar-refractivity contribution in [3.8, 4) is 11.4 Å². The summed E-state index contributed by atoms with van der Waals surface area (Å²) in [5, 5.41) is 6.05. The molecule has 0 radical (unpaired) electrons. The molecule has 2 aliphatic rings. The molecule has 0 fully saturated rings. The van der Waals surface area contributed by atoms with Crippen LogP contribution in [0.2, 0.25) is 0 Å². The van der Waals surface area contributed by atoms with Gasteiger partial charge in [-0.25, -0.2) is 0 Å². The van der Waals surface area contributed by atoms with E-state index in [1.54, 1.807) is 0 Å². The highest BCUT2D eigenvalue weighted by molar-refractivity contribution is 7.00. The number of fused-ring (bicyclic) bond motifs is 13. The molecule has 6 heterocycles. The summed E-state index contributed by atoms with van der Waals surface area (Å²) in [6.45, 7) is -0.0791. The quantitative estimate of drug-likeness (QED) is 0.181. The minimum absolute atomic E-state index is 0.0791. The number of benzene rings is 6. The fourth-order valence-corrected chi connectivity index (χ4v) is 8.96. The van der Waals surface area contributed by atoms with Gasteiger partial charge in [0.2, 0.25) is 0 Å². The van der Waals surface area contributed by atoms with Gasteiger partial charge in [0.05, 0.1) is 33.3 Å². The van der Waals surface area contributed by atoms with E-state index in [1.165, 1.54) is 60.2 Å². The number of rotatable bonds is 2. The maximum atomic E-state index is 6.90. The van der Waals surface area contributed by atoms with E-state index in [4.69, 9.17) is 4.42 Å². The van der Waals surface area contributed by atoms with Gasteiger partial charge in [0, 0.05) is 62.2 Å². The molecular weight excluding hydrogens is 599 g/mol. The van der Waals surface area contributed by atoms with E-state index in [0.717, 1.165) is 39.4 Å². The van der Waals surface area contributed by atoms with Crippen LogP contribution in [0.3, 0.4) is 0 Å². The van der Waals surface area contributed by atoms with Crippen LogP contribution in [0.4, 0.5) is 17.1 Å². The van der Waals surface area contributed by atoms with E-state index >= 15 is 0 Å². The van der Waals surface area contributed by atoms with Crippen LogP contribution in [0.1, 0.15) is 0 Å². The van der Waals surface area contributed by atoms with Crippen LogP contribution in [0, 0.1) is 0 Å². The topological polar surface area (TPSA) is 39.1 Å². The zero-order valence-corrected chi connectivity index (χ0v) is 26.2. The lowest BCUT2D eigenvalue weighted by Crippen LogP contribution is -2.59. The molecule has 0 bridgehead atoms. The van der Waals surface area contributed by atoms with Crippen molar-refractivity contribution in [2.45, 2.75) is 0 Å².